The molecule has 0 unspecified atom stereocenters. The molecule has 122 valence electrons. The van der Waals surface area contributed by atoms with Gasteiger partial charge in [0.2, 0.25) is 5.91 Å². The van der Waals surface area contributed by atoms with E-state index in [0.717, 1.165) is 31.2 Å². The Morgan fingerprint density at radius 3 is 2.54 bits per heavy atom. The summed E-state index contributed by atoms with van der Waals surface area (Å²) in [6.07, 6.45) is 4.08. The molecule has 0 aliphatic carbocycles. The van der Waals surface area contributed by atoms with Crippen molar-refractivity contribution in [2.45, 2.75) is 32.6 Å². The van der Waals surface area contributed by atoms with Gasteiger partial charge in [-0.1, -0.05) is 67.9 Å². The van der Waals surface area contributed by atoms with Crippen molar-refractivity contribution in [3.05, 3.63) is 82.9 Å². The highest BCUT2D eigenvalue weighted by Crippen LogP contribution is 2.24. The number of carbonyl (C=O) groups excluding carboxylic acids is 1. The quantitative estimate of drug-likeness (QED) is 0.692. The molecule has 0 fully saturated rings. The van der Waals surface area contributed by atoms with Gasteiger partial charge in [-0.15, -0.1) is 0 Å². The van der Waals surface area contributed by atoms with Crippen LogP contribution in [0.3, 0.4) is 0 Å². The number of hydrogen-bond donors (Lipinski definition) is 1. The molecule has 3 rings (SSSR count). The van der Waals surface area contributed by atoms with Crippen LogP contribution in [0.4, 0.5) is 0 Å². The van der Waals surface area contributed by atoms with Crippen LogP contribution >= 0.6 is 0 Å². The minimum absolute atomic E-state index is 0.354. The lowest BCUT2D eigenvalue weighted by molar-refractivity contribution is 0.0999. The van der Waals surface area contributed by atoms with E-state index < -0.39 is 0 Å². The largest absolute Gasteiger partial charge is 0.366 e. The molecule has 0 saturated heterocycles. The standard InChI is InChI=1S/C22H23NO/c1-2-3-7-16-12-13-21(22(23)24)19(14-16)15-18-10-6-9-17-8-4-5-11-20(17)18/h4-6,8-14H,2-3,7,15H2,1H3,(H2,23,24). The third-order valence-corrected chi connectivity index (χ3v) is 4.51. The van der Waals surface area contributed by atoms with Crippen LogP contribution in [0.25, 0.3) is 10.8 Å². The number of unbranched alkanes of at least 4 members (excludes halogenated alkanes) is 1. The van der Waals surface area contributed by atoms with Crippen LogP contribution < -0.4 is 5.73 Å². The van der Waals surface area contributed by atoms with Crippen LogP contribution in [0.15, 0.2) is 60.7 Å². The van der Waals surface area contributed by atoms with Crippen LogP contribution in [-0.4, -0.2) is 5.91 Å². The molecule has 3 aromatic carbocycles. The molecule has 24 heavy (non-hydrogen) atoms. The first-order valence-electron chi connectivity index (χ1n) is 8.57. The van der Waals surface area contributed by atoms with Gasteiger partial charge in [0.25, 0.3) is 0 Å². The fourth-order valence-corrected chi connectivity index (χ4v) is 3.22. The van der Waals surface area contributed by atoms with Crippen LogP contribution in [0, 0.1) is 0 Å². The topological polar surface area (TPSA) is 43.1 Å². The second-order valence-electron chi connectivity index (χ2n) is 6.27. The predicted octanol–water partition coefficient (Wildman–Crippen LogP) is 4.87. The summed E-state index contributed by atoms with van der Waals surface area (Å²) in [5.41, 5.74) is 9.74. The Labute approximate surface area is 143 Å². The first kappa shape index (κ1) is 16.3. The van der Waals surface area contributed by atoms with E-state index in [9.17, 15) is 4.79 Å². The first-order chi connectivity index (χ1) is 11.7. The van der Waals surface area contributed by atoms with Gasteiger partial charge in [0, 0.05) is 5.56 Å². The third kappa shape index (κ3) is 3.48. The number of amides is 1. The molecule has 1 amide bonds. The average Bonchev–Trinajstić information content (AvgIpc) is 2.60. The Morgan fingerprint density at radius 2 is 1.75 bits per heavy atom. The predicted molar refractivity (Wildman–Crippen MR) is 100 cm³/mol. The Bertz CT molecular complexity index is 861. The zero-order chi connectivity index (χ0) is 16.9. The molecule has 3 aromatic rings. The van der Waals surface area contributed by atoms with Gasteiger partial charge in [0.05, 0.1) is 0 Å². The summed E-state index contributed by atoms with van der Waals surface area (Å²) in [6, 6.07) is 20.7. The fraction of sp³-hybridized carbons (Fsp3) is 0.227. The summed E-state index contributed by atoms with van der Waals surface area (Å²) in [5, 5.41) is 2.45. The van der Waals surface area contributed by atoms with Gasteiger partial charge in [0.15, 0.2) is 0 Å². The van der Waals surface area contributed by atoms with Crippen LogP contribution in [0.2, 0.25) is 0 Å². The molecule has 2 nitrogen and oxygen atoms in total. The smallest absolute Gasteiger partial charge is 0.248 e. The van der Waals surface area contributed by atoms with Crippen molar-refractivity contribution >= 4 is 16.7 Å². The van der Waals surface area contributed by atoms with E-state index in [0.29, 0.717) is 5.56 Å². The SMILES string of the molecule is CCCCc1ccc(C(N)=O)c(Cc2cccc3ccccc23)c1. The van der Waals surface area contributed by atoms with E-state index in [4.69, 9.17) is 5.73 Å². The Hall–Kier alpha value is -2.61. The fourth-order valence-electron chi connectivity index (χ4n) is 3.22. The molecule has 2 heteroatoms. The lowest BCUT2D eigenvalue weighted by atomic mass is 9.93. The van der Waals surface area contributed by atoms with Crippen molar-refractivity contribution in [1.82, 2.24) is 0 Å². The minimum atomic E-state index is -0.354. The van der Waals surface area contributed by atoms with Crippen molar-refractivity contribution in [2.24, 2.45) is 5.73 Å². The Morgan fingerprint density at radius 1 is 0.958 bits per heavy atom. The van der Waals surface area contributed by atoms with Gasteiger partial charge in [-0.25, -0.2) is 0 Å². The van der Waals surface area contributed by atoms with E-state index >= 15 is 0 Å². The molecule has 0 atom stereocenters. The molecule has 0 spiro atoms. The monoisotopic (exact) mass is 317 g/mol. The molecule has 0 heterocycles. The number of rotatable bonds is 6. The van der Waals surface area contributed by atoms with Crippen LogP contribution in [0.5, 0.6) is 0 Å². The number of primary amides is 1. The number of benzene rings is 3. The van der Waals surface area contributed by atoms with Gasteiger partial charge in [-0.05, 0) is 52.8 Å². The number of carbonyl (C=O) groups is 1. The summed E-state index contributed by atoms with van der Waals surface area (Å²) < 4.78 is 0. The normalized spacial score (nSPS) is 10.9. The maximum Gasteiger partial charge on any atom is 0.248 e. The highest BCUT2D eigenvalue weighted by Gasteiger charge is 2.11. The first-order valence-corrected chi connectivity index (χ1v) is 8.57. The van der Waals surface area contributed by atoms with Gasteiger partial charge in [0.1, 0.15) is 0 Å². The van der Waals surface area contributed by atoms with Crippen molar-refractivity contribution in [3.63, 3.8) is 0 Å². The van der Waals surface area contributed by atoms with E-state index in [-0.39, 0.29) is 5.91 Å². The van der Waals surface area contributed by atoms with Gasteiger partial charge < -0.3 is 5.73 Å². The molecule has 0 radical (unpaired) electrons. The van der Waals surface area contributed by atoms with Gasteiger partial charge in [-0.3, -0.25) is 4.79 Å². The minimum Gasteiger partial charge on any atom is -0.366 e. The molecule has 2 N–H and O–H groups in total. The summed E-state index contributed by atoms with van der Waals surface area (Å²) >= 11 is 0. The lowest BCUT2D eigenvalue weighted by Crippen LogP contribution is -2.14. The van der Waals surface area contributed by atoms with E-state index in [1.807, 2.05) is 18.2 Å². The molecule has 0 saturated carbocycles. The highest BCUT2D eigenvalue weighted by molar-refractivity contribution is 5.95. The second kappa shape index (κ2) is 7.31. The Kier molecular flexibility index (Phi) is 4.95. The van der Waals surface area contributed by atoms with Crippen molar-refractivity contribution < 1.29 is 4.79 Å². The summed E-state index contributed by atoms with van der Waals surface area (Å²) in [4.78, 5) is 11.8. The zero-order valence-corrected chi connectivity index (χ0v) is 14.1. The van der Waals surface area contributed by atoms with Crippen LogP contribution in [0.1, 0.15) is 46.8 Å². The van der Waals surface area contributed by atoms with Gasteiger partial charge in [-0.2, -0.15) is 0 Å². The molecular weight excluding hydrogens is 294 g/mol. The average molecular weight is 317 g/mol. The highest BCUT2D eigenvalue weighted by atomic mass is 16.1. The van der Waals surface area contributed by atoms with E-state index in [1.54, 1.807) is 0 Å². The molecule has 0 aromatic heterocycles. The Balaban J connectivity index is 2.02. The number of aryl methyl sites for hydroxylation is 1. The summed E-state index contributed by atoms with van der Waals surface area (Å²) in [7, 11) is 0. The second-order valence-corrected chi connectivity index (χ2v) is 6.27. The molecule has 0 aliphatic heterocycles. The van der Waals surface area contributed by atoms with Crippen molar-refractivity contribution in [1.29, 1.82) is 0 Å². The molecular formula is C22H23NO. The van der Waals surface area contributed by atoms with Crippen molar-refractivity contribution in [2.75, 3.05) is 0 Å². The number of hydrogen-bond acceptors (Lipinski definition) is 1. The summed E-state index contributed by atoms with van der Waals surface area (Å²) in [5.74, 6) is -0.354. The van der Waals surface area contributed by atoms with Crippen LogP contribution in [-0.2, 0) is 12.8 Å². The molecule has 0 aliphatic rings. The van der Waals surface area contributed by atoms with Gasteiger partial charge >= 0.3 is 0 Å². The number of fused-ring (bicyclic) bond motifs is 1. The summed E-state index contributed by atoms with van der Waals surface area (Å²) in [6.45, 7) is 2.19. The van der Waals surface area contributed by atoms with Crippen molar-refractivity contribution in [3.8, 4) is 0 Å². The molecule has 0 bridgehead atoms. The van der Waals surface area contributed by atoms with E-state index in [1.165, 1.54) is 21.9 Å². The maximum atomic E-state index is 11.8. The van der Waals surface area contributed by atoms with E-state index in [2.05, 4.69) is 49.4 Å². The lowest BCUT2D eigenvalue weighted by Gasteiger charge is -2.12. The third-order valence-electron chi connectivity index (χ3n) is 4.51. The maximum absolute atomic E-state index is 11.8. The zero-order valence-electron chi connectivity index (χ0n) is 14.1. The number of nitrogens with two attached hydrogens (primary N) is 1.